The van der Waals surface area contributed by atoms with Crippen LogP contribution in [0.25, 0.3) is 0 Å². The molecule has 0 spiro atoms. The molecule has 0 aliphatic carbocycles. The van der Waals surface area contributed by atoms with E-state index in [-0.39, 0.29) is 6.61 Å². The van der Waals surface area contributed by atoms with Gasteiger partial charge in [0.15, 0.2) is 11.5 Å². The molecule has 0 saturated carbocycles. The fourth-order valence-electron chi connectivity index (χ4n) is 1.18. The molecule has 4 nitrogen and oxygen atoms in total. The van der Waals surface area contributed by atoms with E-state index in [2.05, 4.69) is 0 Å². The molecule has 0 amide bonds. The first-order valence-electron chi connectivity index (χ1n) is 4.79. The third-order valence-electron chi connectivity index (χ3n) is 1.89. The van der Waals surface area contributed by atoms with Gasteiger partial charge >= 0.3 is 5.97 Å². The second-order valence-electron chi connectivity index (χ2n) is 3.27. The topological polar surface area (TPSA) is 55.8 Å². The summed E-state index contributed by atoms with van der Waals surface area (Å²) < 4.78 is 10.5. The smallest absolute Gasteiger partial charge is 0.328 e. The van der Waals surface area contributed by atoms with Crippen molar-refractivity contribution in [3.05, 3.63) is 35.9 Å². The second kappa shape index (κ2) is 5.80. The average Bonchev–Trinajstić information content (AvgIpc) is 2.26. The average molecular weight is 222 g/mol. The Kier molecular flexibility index (Phi) is 4.39. The molecule has 0 fully saturated rings. The zero-order chi connectivity index (χ0) is 12.0. The lowest BCUT2D eigenvalue weighted by Gasteiger charge is -2.09. The van der Waals surface area contributed by atoms with E-state index in [1.807, 2.05) is 12.1 Å². The van der Waals surface area contributed by atoms with Crippen molar-refractivity contribution in [1.82, 2.24) is 0 Å². The van der Waals surface area contributed by atoms with Crippen LogP contribution in [0.2, 0.25) is 0 Å². The number of carboxylic acids is 1. The minimum atomic E-state index is -0.971. The third-order valence-corrected chi connectivity index (χ3v) is 1.89. The third kappa shape index (κ3) is 3.65. The molecule has 0 aromatic heterocycles. The zero-order valence-corrected chi connectivity index (χ0v) is 9.27. The quantitative estimate of drug-likeness (QED) is 0.775. The lowest BCUT2D eigenvalue weighted by atomic mass is 10.3. The fraction of sp³-hybridized carbons (Fsp3) is 0.250. The Morgan fingerprint density at radius 3 is 2.56 bits per heavy atom. The van der Waals surface area contributed by atoms with Crippen LogP contribution in [0.3, 0.4) is 0 Å². The molecule has 1 aromatic carbocycles. The van der Waals surface area contributed by atoms with Crippen LogP contribution in [-0.2, 0) is 4.79 Å². The highest BCUT2D eigenvalue weighted by Gasteiger charge is 2.02. The molecule has 0 saturated heterocycles. The molecule has 1 aromatic rings. The van der Waals surface area contributed by atoms with Gasteiger partial charge in [-0.3, -0.25) is 0 Å². The van der Waals surface area contributed by atoms with E-state index < -0.39 is 5.97 Å². The number of carboxylic acid groups (broad SMARTS) is 1. The minimum Gasteiger partial charge on any atom is -0.493 e. The van der Waals surface area contributed by atoms with Crippen LogP contribution in [-0.4, -0.2) is 24.8 Å². The Labute approximate surface area is 94.1 Å². The number of ether oxygens (including phenoxy) is 2. The Hall–Kier alpha value is -1.97. The van der Waals surface area contributed by atoms with Gasteiger partial charge in [-0.15, -0.1) is 0 Å². The lowest BCUT2D eigenvalue weighted by molar-refractivity contribution is -0.131. The number of benzene rings is 1. The van der Waals surface area contributed by atoms with E-state index in [0.29, 0.717) is 17.1 Å². The van der Waals surface area contributed by atoms with Gasteiger partial charge in [-0.1, -0.05) is 12.1 Å². The highest BCUT2D eigenvalue weighted by atomic mass is 16.5. The zero-order valence-electron chi connectivity index (χ0n) is 9.27. The molecule has 0 heterocycles. The van der Waals surface area contributed by atoms with E-state index in [1.54, 1.807) is 26.2 Å². The molecule has 0 unspecified atom stereocenters. The Morgan fingerprint density at radius 2 is 2.00 bits per heavy atom. The van der Waals surface area contributed by atoms with Crippen LogP contribution < -0.4 is 9.47 Å². The summed E-state index contributed by atoms with van der Waals surface area (Å²) in [5.41, 5.74) is 0.637. The normalized spacial score (nSPS) is 11.0. The van der Waals surface area contributed by atoms with Crippen molar-refractivity contribution in [2.45, 2.75) is 6.92 Å². The van der Waals surface area contributed by atoms with Gasteiger partial charge in [-0.05, 0) is 24.6 Å². The Morgan fingerprint density at radius 1 is 1.38 bits per heavy atom. The summed E-state index contributed by atoms with van der Waals surface area (Å²) in [5, 5.41) is 8.53. The molecule has 1 rings (SSSR count). The van der Waals surface area contributed by atoms with Crippen LogP contribution in [0.4, 0.5) is 0 Å². The van der Waals surface area contributed by atoms with Gasteiger partial charge in [0.1, 0.15) is 6.61 Å². The maximum Gasteiger partial charge on any atom is 0.328 e. The van der Waals surface area contributed by atoms with Gasteiger partial charge in [0.05, 0.1) is 7.11 Å². The summed E-state index contributed by atoms with van der Waals surface area (Å²) in [7, 11) is 1.56. The lowest BCUT2D eigenvalue weighted by Crippen LogP contribution is -2.02. The van der Waals surface area contributed by atoms with E-state index in [1.165, 1.54) is 0 Å². The second-order valence-corrected chi connectivity index (χ2v) is 3.27. The maximum absolute atomic E-state index is 10.4. The molecule has 0 aliphatic rings. The van der Waals surface area contributed by atoms with Crippen molar-refractivity contribution in [1.29, 1.82) is 0 Å². The van der Waals surface area contributed by atoms with Gasteiger partial charge in [0.25, 0.3) is 0 Å². The van der Waals surface area contributed by atoms with E-state index in [0.717, 1.165) is 6.08 Å². The molecule has 0 bridgehead atoms. The molecular formula is C12H14O4. The van der Waals surface area contributed by atoms with Gasteiger partial charge in [0, 0.05) is 6.08 Å². The number of methoxy groups -OCH3 is 1. The summed E-state index contributed by atoms with van der Waals surface area (Å²) in [6.07, 6.45) is 1.12. The Balaban J connectivity index is 2.64. The van der Waals surface area contributed by atoms with E-state index in [4.69, 9.17) is 14.6 Å². The predicted molar refractivity (Wildman–Crippen MR) is 59.9 cm³/mol. The molecule has 0 aliphatic heterocycles. The van der Waals surface area contributed by atoms with Crippen molar-refractivity contribution in [3.63, 3.8) is 0 Å². The van der Waals surface area contributed by atoms with Crippen molar-refractivity contribution < 1.29 is 19.4 Å². The molecule has 0 atom stereocenters. The van der Waals surface area contributed by atoms with Crippen molar-refractivity contribution >= 4 is 5.97 Å². The molecule has 86 valence electrons. The van der Waals surface area contributed by atoms with Gasteiger partial charge in [-0.2, -0.15) is 0 Å². The number of hydrogen-bond acceptors (Lipinski definition) is 3. The largest absolute Gasteiger partial charge is 0.493 e. The summed E-state index contributed by atoms with van der Waals surface area (Å²) in [4.78, 5) is 10.4. The van der Waals surface area contributed by atoms with Crippen LogP contribution in [0.5, 0.6) is 11.5 Å². The van der Waals surface area contributed by atoms with Crippen molar-refractivity contribution in [2.24, 2.45) is 0 Å². The van der Waals surface area contributed by atoms with Crippen molar-refractivity contribution in [2.75, 3.05) is 13.7 Å². The highest BCUT2D eigenvalue weighted by Crippen LogP contribution is 2.25. The van der Waals surface area contributed by atoms with Gasteiger partial charge < -0.3 is 14.6 Å². The molecule has 1 N–H and O–H groups in total. The minimum absolute atomic E-state index is 0.229. The summed E-state index contributed by atoms with van der Waals surface area (Å²) in [6.45, 7) is 1.93. The fourth-order valence-corrected chi connectivity index (χ4v) is 1.18. The first-order valence-corrected chi connectivity index (χ1v) is 4.79. The number of rotatable bonds is 5. The first kappa shape index (κ1) is 12.1. The highest BCUT2D eigenvalue weighted by molar-refractivity contribution is 5.80. The van der Waals surface area contributed by atoms with E-state index in [9.17, 15) is 4.79 Å². The summed E-state index contributed by atoms with van der Waals surface area (Å²) in [6, 6.07) is 7.22. The van der Waals surface area contributed by atoms with E-state index >= 15 is 0 Å². The van der Waals surface area contributed by atoms with Crippen LogP contribution in [0, 0.1) is 0 Å². The van der Waals surface area contributed by atoms with Crippen LogP contribution in [0.1, 0.15) is 6.92 Å². The monoisotopic (exact) mass is 222 g/mol. The maximum atomic E-state index is 10.4. The van der Waals surface area contributed by atoms with Gasteiger partial charge in [-0.25, -0.2) is 4.79 Å². The van der Waals surface area contributed by atoms with Crippen LogP contribution >= 0.6 is 0 Å². The van der Waals surface area contributed by atoms with Crippen molar-refractivity contribution in [3.8, 4) is 11.5 Å². The number of hydrogen-bond donors (Lipinski definition) is 1. The number of carbonyl (C=O) groups is 1. The Bertz CT molecular complexity index is 396. The first-order chi connectivity index (χ1) is 7.63. The standard InChI is InChI=1S/C12H14O4/c1-9(7-12(13)14)8-16-11-6-4-3-5-10(11)15-2/h3-7H,8H2,1-2H3,(H,13,14). The van der Waals surface area contributed by atoms with Crippen LogP contribution in [0.15, 0.2) is 35.9 Å². The molecule has 4 heteroatoms. The molecule has 0 radical (unpaired) electrons. The molecule has 16 heavy (non-hydrogen) atoms. The molecular weight excluding hydrogens is 208 g/mol. The summed E-state index contributed by atoms with van der Waals surface area (Å²) in [5.74, 6) is 0.259. The van der Waals surface area contributed by atoms with Gasteiger partial charge in [0.2, 0.25) is 0 Å². The number of aliphatic carboxylic acids is 1. The summed E-state index contributed by atoms with van der Waals surface area (Å²) >= 11 is 0. The SMILES string of the molecule is COc1ccccc1OCC(C)=CC(=O)O. The predicted octanol–water partition coefficient (Wildman–Crippen LogP) is 2.10. The number of para-hydroxylation sites is 2.